The first-order chi connectivity index (χ1) is 19.0. The predicted octanol–water partition coefficient (Wildman–Crippen LogP) is 5.29. The van der Waals surface area contributed by atoms with Gasteiger partial charge in [-0.15, -0.1) is 0 Å². The van der Waals surface area contributed by atoms with Crippen molar-refractivity contribution in [3.8, 4) is 5.75 Å². The summed E-state index contributed by atoms with van der Waals surface area (Å²) in [6.07, 6.45) is 0.732. The van der Waals surface area contributed by atoms with Gasteiger partial charge in [-0.3, -0.25) is 13.9 Å². The molecule has 0 fully saturated rings. The molecule has 0 aromatic heterocycles. The van der Waals surface area contributed by atoms with Gasteiger partial charge in [-0.25, -0.2) is 8.42 Å². The summed E-state index contributed by atoms with van der Waals surface area (Å²) in [5.74, 6) is -0.547. The van der Waals surface area contributed by atoms with Crippen LogP contribution in [0.3, 0.4) is 0 Å². The van der Waals surface area contributed by atoms with Crippen LogP contribution in [0.25, 0.3) is 0 Å². The van der Waals surface area contributed by atoms with E-state index in [-0.39, 0.29) is 29.1 Å². The highest BCUT2D eigenvalue weighted by atomic mass is 79.9. The largest absolute Gasteiger partial charge is 0.495 e. The number of ether oxygens (including phenoxy) is 1. The fourth-order valence-corrected chi connectivity index (χ4v) is 5.71. The summed E-state index contributed by atoms with van der Waals surface area (Å²) in [6, 6.07) is 19.5. The topological polar surface area (TPSA) is 96.0 Å². The van der Waals surface area contributed by atoms with E-state index in [0.717, 1.165) is 26.3 Å². The maximum atomic E-state index is 14.0. The summed E-state index contributed by atoms with van der Waals surface area (Å²) in [4.78, 5) is 28.6. The Balaban J connectivity index is 2.06. The van der Waals surface area contributed by atoms with Gasteiger partial charge in [0.1, 0.15) is 18.3 Å². The van der Waals surface area contributed by atoms with Crippen molar-refractivity contribution in [1.29, 1.82) is 0 Å². The summed E-state index contributed by atoms with van der Waals surface area (Å²) in [6.45, 7) is 6.95. The fourth-order valence-electron chi connectivity index (χ4n) is 4.02. The zero-order valence-corrected chi connectivity index (χ0v) is 25.8. The van der Waals surface area contributed by atoms with Gasteiger partial charge in [-0.1, -0.05) is 64.8 Å². The molecule has 0 aliphatic rings. The number of methoxy groups -OCH3 is 1. The normalized spacial score (nSPS) is 12.8. The van der Waals surface area contributed by atoms with Crippen molar-refractivity contribution >= 4 is 43.5 Å². The number of aryl methyl sites for hydroxylation is 1. The van der Waals surface area contributed by atoms with Gasteiger partial charge >= 0.3 is 0 Å². The molecule has 0 saturated carbocycles. The van der Waals surface area contributed by atoms with Crippen molar-refractivity contribution in [1.82, 2.24) is 10.2 Å². The van der Waals surface area contributed by atoms with Crippen LogP contribution in [-0.2, 0) is 26.2 Å². The van der Waals surface area contributed by atoms with E-state index in [9.17, 15) is 18.0 Å². The minimum absolute atomic E-state index is 0.0406. The third-order valence-electron chi connectivity index (χ3n) is 6.68. The van der Waals surface area contributed by atoms with Crippen LogP contribution in [-0.4, -0.2) is 50.9 Å². The molecule has 2 unspecified atom stereocenters. The lowest BCUT2D eigenvalue weighted by atomic mass is 10.1. The monoisotopic (exact) mass is 629 g/mol. The smallest absolute Gasteiger partial charge is 0.264 e. The van der Waals surface area contributed by atoms with Crippen LogP contribution in [0, 0.1) is 6.92 Å². The Hall–Kier alpha value is -3.37. The Morgan fingerprint density at radius 1 is 0.975 bits per heavy atom. The number of para-hydroxylation sites is 2. The van der Waals surface area contributed by atoms with Crippen molar-refractivity contribution in [3.05, 3.63) is 88.4 Å². The van der Waals surface area contributed by atoms with E-state index in [0.29, 0.717) is 5.75 Å². The van der Waals surface area contributed by atoms with Gasteiger partial charge < -0.3 is 15.0 Å². The quantitative estimate of drug-likeness (QED) is 0.294. The standard InChI is InChI=1S/C30H36BrN3O5S/c1-6-22(3)32-30(36)23(4)33(19-24-13-15-25(31)16-14-24)29(35)20-34(27-9-7-8-10-28(27)39-5)40(37,38)26-17-11-21(2)12-18-26/h7-18,22-23H,6,19-20H2,1-5H3,(H,32,36). The van der Waals surface area contributed by atoms with Gasteiger partial charge in [0.25, 0.3) is 10.0 Å². The van der Waals surface area contributed by atoms with Crippen molar-refractivity contribution in [2.45, 2.75) is 57.6 Å². The molecule has 0 aliphatic heterocycles. The Labute approximate surface area is 245 Å². The Morgan fingerprint density at radius 2 is 1.60 bits per heavy atom. The van der Waals surface area contributed by atoms with Gasteiger partial charge in [-0.05, 0) is 69.2 Å². The van der Waals surface area contributed by atoms with Crippen LogP contribution in [0.15, 0.2) is 82.2 Å². The molecular formula is C30H36BrN3O5S. The van der Waals surface area contributed by atoms with Gasteiger partial charge in [0.05, 0.1) is 17.7 Å². The first-order valence-corrected chi connectivity index (χ1v) is 15.3. The number of benzene rings is 3. The molecule has 2 amide bonds. The maximum absolute atomic E-state index is 14.0. The van der Waals surface area contributed by atoms with E-state index < -0.39 is 28.5 Å². The number of rotatable bonds is 12. The first kappa shape index (κ1) is 31.2. The van der Waals surface area contributed by atoms with Crippen LogP contribution in [0.4, 0.5) is 5.69 Å². The van der Waals surface area contributed by atoms with Gasteiger partial charge in [0.15, 0.2) is 0 Å². The SMILES string of the molecule is CCC(C)NC(=O)C(C)N(Cc1ccc(Br)cc1)C(=O)CN(c1ccccc1OC)S(=O)(=O)c1ccc(C)cc1. The number of nitrogens with one attached hydrogen (secondary N) is 1. The summed E-state index contributed by atoms with van der Waals surface area (Å²) >= 11 is 3.42. The van der Waals surface area contributed by atoms with Crippen LogP contribution >= 0.6 is 15.9 Å². The average Bonchev–Trinajstić information content (AvgIpc) is 2.95. The summed E-state index contributed by atoms with van der Waals surface area (Å²) in [5.41, 5.74) is 1.92. The maximum Gasteiger partial charge on any atom is 0.264 e. The minimum atomic E-state index is -4.18. The van der Waals surface area contributed by atoms with Crippen molar-refractivity contribution in [3.63, 3.8) is 0 Å². The average molecular weight is 631 g/mol. The molecule has 0 saturated heterocycles. The predicted molar refractivity (Wildman–Crippen MR) is 161 cm³/mol. The highest BCUT2D eigenvalue weighted by molar-refractivity contribution is 9.10. The zero-order valence-electron chi connectivity index (χ0n) is 23.4. The zero-order chi connectivity index (χ0) is 29.4. The molecule has 3 rings (SSSR count). The van der Waals surface area contributed by atoms with Crippen LogP contribution in [0.2, 0.25) is 0 Å². The number of halogens is 1. The molecule has 0 heterocycles. The van der Waals surface area contributed by atoms with Crippen LogP contribution < -0.4 is 14.4 Å². The molecule has 2 atom stereocenters. The summed E-state index contributed by atoms with van der Waals surface area (Å²) in [5, 5.41) is 2.93. The fraction of sp³-hybridized carbons (Fsp3) is 0.333. The minimum Gasteiger partial charge on any atom is -0.495 e. The molecule has 3 aromatic rings. The molecule has 40 heavy (non-hydrogen) atoms. The van der Waals surface area contributed by atoms with Crippen molar-refractivity contribution < 1.29 is 22.7 Å². The van der Waals surface area contributed by atoms with E-state index >= 15 is 0 Å². The number of hydrogen-bond donors (Lipinski definition) is 1. The lowest BCUT2D eigenvalue weighted by Crippen LogP contribution is -2.52. The van der Waals surface area contributed by atoms with Gasteiger partial charge in [0, 0.05) is 17.1 Å². The number of carbonyl (C=O) groups excluding carboxylic acids is 2. The van der Waals surface area contributed by atoms with Crippen molar-refractivity contribution in [2.24, 2.45) is 0 Å². The first-order valence-electron chi connectivity index (χ1n) is 13.0. The van der Waals surface area contributed by atoms with E-state index in [1.165, 1.54) is 24.1 Å². The lowest BCUT2D eigenvalue weighted by Gasteiger charge is -2.32. The molecule has 3 aromatic carbocycles. The molecule has 10 heteroatoms. The number of sulfonamides is 1. The molecule has 214 valence electrons. The number of carbonyl (C=O) groups is 2. The third-order valence-corrected chi connectivity index (χ3v) is 8.98. The molecule has 8 nitrogen and oxygen atoms in total. The second-order valence-electron chi connectivity index (χ2n) is 9.64. The number of hydrogen-bond acceptors (Lipinski definition) is 5. The summed E-state index contributed by atoms with van der Waals surface area (Å²) < 4.78 is 35.3. The van der Waals surface area contributed by atoms with Crippen LogP contribution in [0.1, 0.15) is 38.3 Å². The second-order valence-corrected chi connectivity index (χ2v) is 12.4. The third kappa shape index (κ3) is 7.63. The molecule has 0 radical (unpaired) electrons. The van der Waals surface area contributed by atoms with Crippen LogP contribution in [0.5, 0.6) is 5.75 Å². The molecule has 0 bridgehead atoms. The van der Waals surface area contributed by atoms with E-state index in [4.69, 9.17) is 4.74 Å². The van der Waals surface area contributed by atoms with Crippen molar-refractivity contribution in [2.75, 3.05) is 18.0 Å². The Bertz CT molecular complexity index is 1410. The lowest BCUT2D eigenvalue weighted by molar-refractivity contribution is -0.139. The van der Waals surface area contributed by atoms with Gasteiger partial charge in [0.2, 0.25) is 11.8 Å². The Morgan fingerprint density at radius 3 is 2.20 bits per heavy atom. The van der Waals surface area contributed by atoms with E-state index in [2.05, 4.69) is 21.2 Å². The second kappa shape index (κ2) is 13.8. The Kier molecular flexibility index (Phi) is 10.8. The highest BCUT2D eigenvalue weighted by Gasteiger charge is 2.34. The van der Waals surface area contributed by atoms with E-state index in [1.807, 2.05) is 45.0 Å². The molecule has 0 spiro atoms. The molecule has 0 aliphatic carbocycles. The van der Waals surface area contributed by atoms with E-state index in [1.54, 1.807) is 43.3 Å². The number of nitrogens with zero attached hydrogens (tertiary/aromatic N) is 2. The summed E-state index contributed by atoms with van der Waals surface area (Å²) in [7, 11) is -2.74. The molecular weight excluding hydrogens is 594 g/mol. The highest BCUT2D eigenvalue weighted by Crippen LogP contribution is 2.32. The van der Waals surface area contributed by atoms with Gasteiger partial charge in [-0.2, -0.15) is 0 Å². The number of anilines is 1. The molecule has 1 N–H and O–H groups in total. The number of amides is 2.